The second-order valence-corrected chi connectivity index (χ2v) is 6.59. The Morgan fingerprint density at radius 1 is 1.25 bits per heavy atom. The summed E-state index contributed by atoms with van der Waals surface area (Å²) in [6, 6.07) is 11.6. The summed E-state index contributed by atoms with van der Waals surface area (Å²) in [6.07, 6.45) is 0.790. The molecule has 1 amide bonds. The lowest BCUT2D eigenvalue weighted by Gasteiger charge is -2.35. The number of halogens is 1. The SMILES string of the molecule is CN1C[C@H](N2CCc3ccc(Cl)nc3C2=O)COc2ccccc21. The summed E-state index contributed by atoms with van der Waals surface area (Å²) in [5.74, 6) is 0.792. The number of nitrogens with zero attached hydrogens (tertiary/aromatic N) is 3. The maximum Gasteiger partial charge on any atom is 0.273 e. The molecule has 0 spiro atoms. The molecule has 3 heterocycles. The van der Waals surface area contributed by atoms with Crippen LogP contribution in [-0.2, 0) is 6.42 Å². The van der Waals surface area contributed by atoms with E-state index in [0.29, 0.717) is 24.0 Å². The number of pyridine rings is 1. The van der Waals surface area contributed by atoms with Crippen LogP contribution >= 0.6 is 11.6 Å². The van der Waals surface area contributed by atoms with Crippen LogP contribution in [0.4, 0.5) is 5.69 Å². The minimum Gasteiger partial charge on any atom is -0.489 e. The first kappa shape index (κ1) is 15.3. The van der Waals surface area contributed by atoms with E-state index >= 15 is 0 Å². The van der Waals surface area contributed by atoms with E-state index in [1.54, 1.807) is 6.07 Å². The highest BCUT2D eigenvalue weighted by Gasteiger charge is 2.33. The molecule has 1 atom stereocenters. The van der Waals surface area contributed by atoms with Crippen LogP contribution in [0, 0.1) is 0 Å². The maximum atomic E-state index is 12.9. The van der Waals surface area contributed by atoms with Gasteiger partial charge in [-0.25, -0.2) is 4.98 Å². The summed E-state index contributed by atoms with van der Waals surface area (Å²) >= 11 is 5.97. The van der Waals surface area contributed by atoms with Crippen molar-refractivity contribution < 1.29 is 9.53 Å². The number of fused-ring (bicyclic) bond motifs is 2. The minimum absolute atomic E-state index is 0.0242. The Labute approximate surface area is 145 Å². The van der Waals surface area contributed by atoms with Crippen molar-refractivity contribution in [3.8, 4) is 5.75 Å². The van der Waals surface area contributed by atoms with Crippen molar-refractivity contribution in [2.24, 2.45) is 0 Å². The normalized spacial score (nSPS) is 20.1. The van der Waals surface area contributed by atoms with Crippen LogP contribution < -0.4 is 9.64 Å². The molecule has 0 bridgehead atoms. The van der Waals surface area contributed by atoms with Crippen LogP contribution in [0.1, 0.15) is 16.1 Å². The predicted molar refractivity (Wildman–Crippen MR) is 93.0 cm³/mol. The van der Waals surface area contributed by atoms with E-state index in [2.05, 4.69) is 9.88 Å². The molecule has 1 aromatic carbocycles. The summed E-state index contributed by atoms with van der Waals surface area (Å²) in [7, 11) is 2.03. The zero-order valence-corrected chi connectivity index (χ0v) is 14.2. The molecule has 0 saturated heterocycles. The van der Waals surface area contributed by atoms with Crippen molar-refractivity contribution in [3.63, 3.8) is 0 Å². The third-order valence-electron chi connectivity index (χ3n) is 4.66. The molecule has 4 rings (SSSR count). The Balaban J connectivity index is 1.60. The van der Waals surface area contributed by atoms with Crippen molar-refractivity contribution in [2.45, 2.75) is 12.5 Å². The van der Waals surface area contributed by atoms with E-state index in [1.807, 2.05) is 42.3 Å². The highest BCUT2D eigenvalue weighted by molar-refractivity contribution is 6.29. The second-order valence-electron chi connectivity index (χ2n) is 6.20. The van der Waals surface area contributed by atoms with Crippen molar-refractivity contribution in [3.05, 3.63) is 52.8 Å². The zero-order chi connectivity index (χ0) is 16.7. The van der Waals surface area contributed by atoms with E-state index in [4.69, 9.17) is 16.3 Å². The average molecular weight is 344 g/mol. The zero-order valence-electron chi connectivity index (χ0n) is 13.4. The lowest BCUT2D eigenvalue weighted by atomic mass is 10.0. The minimum atomic E-state index is -0.0632. The van der Waals surface area contributed by atoms with Gasteiger partial charge in [0.25, 0.3) is 5.91 Å². The first-order valence-electron chi connectivity index (χ1n) is 8.03. The third-order valence-corrected chi connectivity index (χ3v) is 4.87. The first-order chi connectivity index (χ1) is 11.6. The van der Waals surface area contributed by atoms with Crippen LogP contribution in [-0.4, -0.2) is 48.6 Å². The van der Waals surface area contributed by atoms with E-state index in [9.17, 15) is 4.79 Å². The van der Waals surface area contributed by atoms with E-state index < -0.39 is 0 Å². The molecule has 0 unspecified atom stereocenters. The molecule has 5 nitrogen and oxygen atoms in total. The van der Waals surface area contributed by atoms with Crippen molar-refractivity contribution in [2.75, 3.05) is 31.6 Å². The molecule has 6 heteroatoms. The average Bonchev–Trinajstić information content (AvgIpc) is 2.75. The lowest BCUT2D eigenvalue weighted by molar-refractivity contribution is 0.0603. The van der Waals surface area contributed by atoms with Crippen LogP contribution in [0.5, 0.6) is 5.75 Å². The van der Waals surface area contributed by atoms with E-state index in [1.165, 1.54) is 0 Å². The van der Waals surface area contributed by atoms with Gasteiger partial charge in [0.1, 0.15) is 23.2 Å². The summed E-state index contributed by atoms with van der Waals surface area (Å²) in [5, 5.41) is 0.352. The summed E-state index contributed by atoms with van der Waals surface area (Å²) in [6.45, 7) is 1.87. The van der Waals surface area contributed by atoms with Gasteiger partial charge in [0.2, 0.25) is 0 Å². The molecule has 124 valence electrons. The third kappa shape index (κ3) is 2.59. The molecule has 24 heavy (non-hydrogen) atoms. The molecule has 2 aliphatic rings. The smallest absolute Gasteiger partial charge is 0.273 e. The number of hydrogen-bond acceptors (Lipinski definition) is 4. The number of likely N-dealkylation sites (N-methyl/N-ethyl adjacent to an activating group) is 1. The molecule has 2 aromatic rings. The Morgan fingerprint density at radius 2 is 2.08 bits per heavy atom. The Morgan fingerprint density at radius 3 is 2.96 bits per heavy atom. The second kappa shape index (κ2) is 5.98. The first-order valence-corrected chi connectivity index (χ1v) is 8.40. The Kier molecular flexibility index (Phi) is 3.81. The fourth-order valence-corrected chi connectivity index (χ4v) is 3.56. The number of benzene rings is 1. The molecule has 0 aliphatic carbocycles. The lowest BCUT2D eigenvalue weighted by Crippen LogP contribution is -2.51. The summed E-state index contributed by atoms with van der Waals surface area (Å²) in [5.41, 5.74) is 2.48. The standard InChI is InChI=1S/C18H18ClN3O2/c1-21-10-13(11-24-15-5-3-2-4-14(15)21)22-9-8-12-6-7-16(19)20-17(12)18(22)23/h2-7,13H,8-11H2,1H3/t13-/m0/s1. The van der Waals surface area contributed by atoms with Crippen molar-refractivity contribution >= 4 is 23.2 Å². The molecular formula is C18H18ClN3O2. The topological polar surface area (TPSA) is 45.7 Å². The Hall–Kier alpha value is -2.27. The van der Waals surface area contributed by atoms with Crippen LogP contribution in [0.2, 0.25) is 5.15 Å². The molecule has 2 aliphatic heterocycles. The van der Waals surface area contributed by atoms with Crippen LogP contribution in [0.15, 0.2) is 36.4 Å². The van der Waals surface area contributed by atoms with Gasteiger partial charge in [-0.15, -0.1) is 0 Å². The number of anilines is 1. The summed E-state index contributed by atoms with van der Waals surface area (Å²) < 4.78 is 5.96. The fourth-order valence-electron chi connectivity index (χ4n) is 3.41. The van der Waals surface area contributed by atoms with Gasteiger partial charge in [0.05, 0.1) is 11.7 Å². The molecule has 0 fully saturated rings. The van der Waals surface area contributed by atoms with Gasteiger partial charge in [-0.2, -0.15) is 0 Å². The van der Waals surface area contributed by atoms with E-state index in [-0.39, 0.29) is 11.9 Å². The number of hydrogen-bond donors (Lipinski definition) is 0. The predicted octanol–water partition coefficient (Wildman–Crippen LogP) is 2.63. The number of para-hydroxylation sites is 2. The fraction of sp³-hybridized carbons (Fsp3) is 0.333. The number of aromatic nitrogens is 1. The van der Waals surface area contributed by atoms with Gasteiger partial charge >= 0.3 is 0 Å². The largest absolute Gasteiger partial charge is 0.489 e. The molecule has 0 N–H and O–H groups in total. The van der Waals surface area contributed by atoms with Crippen LogP contribution in [0.25, 0.3) is 0 Å². The summed E-state index contributed by atoms with van der Waals surface area (Å²) in [4.78, 5) is 21.1. The van der Waals surface area contributed by atoms with E-state index in [0.717, 1.165) is 30.0 Å². The number of rotatable bonds is 1. The Bertz CT molecular complexity index is 796. The van der Waals surface area contributed by atoms with Crippen LogP contribution in [0.3, 0.4) is 0 Å². The highest BCUT2D eigenvalue weighted by atomic mass is 35.5. The molecule has 1 aromatic heterocycles. The quantitative estimate of drug-likeness (QED) is 0.747. The number of ether oxygens (including phenoxy) is 1. The highest BCUT2D eigenvalue weighted by Crippen LogP contribution is 2.31. The van der Waals surface area contributed by atoms with Gasteiger partial charge < -0.3 is 14.5 Å². The van der Waals surface area contributed by atoms with Gasteiger partial charge in [0.15, 0.2) is 0 Å². The van der Waals surface area contributed by atoms with Gasteiger partial charge in [-0.05, 0) is 30.2 Å². The number of carbonyl (C=O) groups is 1. The van der Waals surface area contributed by atoms with Gasteiger partial charge in [-0.1, -0.05) is 29.8 Å². The van der Waals surface area contributed by atoms with Crippen molar-refractivity contribution in [1.29, 1.82) is 0 Å². The monoisotopic (exact) mass is 343 g/mol. The van der Waals surface area contributed by atoms with Crippen molar-refractivity contribution in [1.82, 2.24) is 9.88 Å². The number of carbonyl (C=O) groups excluding carboxylic acids is 1. The maximum absolute atomic E-state index is 12.9. The van der Waals surface area contributed by atoms with Gasteiger partial charge in [0, 0.05) is 20.1 Å². The molecular weight excluding hydrogens is 326 g/mol. The van der Waals surface area contributed by atoms with Gasteiger partial charge in [-0.3, -0.25) is 4.79 Å². The number of amides is 1. The molecule has 0 saturated carbocycles. The molecule has 0 radical (unpaired) electrons.